The lowest BCUT2D eigenvalue weighted by Gasteiger charge is -2.07. The summed E-state index contributed by atoms with van der Waals surface area (Å²) in [5.41, 5.74) is 3.37. The third kappa shape index (κ3) is 1.83. The lowest BCUT2D eigenvalue weighted by molar-refractivity contribution is 0.0816. The number of carbonyl (C=O) groups is 1. The number of aromatic nitrogens is 2. The van der Waals surface area contributed by atoms with Gasteiger partial charge in [-0.25, -0.2) is 9.97 Å². The number of methoxy groups -OCH3 is 1. The molecule has 1 aliphatic heterocycles. The Hall–Kier alpha value is -2.43. The minimum atomic E-state index is 0.0626. The van der Waals surface area contributed by atoms with E-state index in [-0.39, 0.29) is 5.91 Å². The summed E-state index contributed by atoms with van der Waals surface area (Å²) in [7, 11) is 3.36. The van der Waals surface area contributed by atoms with Crippen LogP contribution >= 0.6 is 0 Å². The fraction of sp³-hybridized carbons (Fsp3) is 0.214. The Balaban J connectivity index is 2.09. The Morgan fingerprint density at radius 3 is 2.84 bits per heavy atom. The molecule has 1 aliphatic rings. The SMILES string of the molecule is COc1nccnc1-c1ccc2c(c1)CN(C)C2=O. The first kappa shape index (κ1) is 11.6. The molecule has 2 heterocycles. The summed E-state index contributed by atoms with van der Waals surface area (Å²) in [4.78, 5) is 22.0. The molecule has 0 unspecified atom stereocenters. The van der Waals surface area contributed by atoms with Gasteiger partial charge < -0.3 is 9.64 Å². The lowest BCUT2D eigenvalue weighted by atomic mass is 10.0. The van der Waals surface area contributed by atoms with E-state index in [1.165, 1.54) is 0 Å². The fourth-order valence-electron chi connectivity index (χ4n) is 2.29. The van der Waals surface area contributed by atoms with Crippen LogP contribution < -0.4 is 4.74 Å². The molecule has 0 saturated carbocycles. The highest BCUT2D eigenvalue weighted by Gasteiger charge is 2.24. The van der Waals surface area contributed by atoms with E-state index in [1.807, 2.05) is 18.2 Å². The molecule has 5 nitrogen and oxygen atoms in total. The maximum atomic E-state index is 11.8. The molecule has 0 bridgehead atoms. The first-order chi connectivity index (χ1) is 9.20. The van der Waals surface area contributed by atoms with Crippen molar-refractivity contribution in [3.8, 4) is 17.1 Å². The predicted octanol–water partition coefficient (Wildman–Crippen LogP) is 1.74. The van der Waals surface area contributed by atoms with Crippen LogP contribution in [0, 0.1) is 0 Å². The molecule has 5 heteroatoms. The Bertz CT molecular complexity index is 655. The summed E-state index contributed by atoms with van der Waals surface area (Å²) in [5.74, 6) is 0.549. The van der Waals surface area contributed by atoms with Crippen LogP contribution in [0.3, 0.4) is 0 Å². The average molecular weight is 255 g/mol. The summed E-state index contributed by atoms with van der Waals surface area (Å²) in [6.45, 7) is 0.630. The molecule has 1 amide bonds. The number of hydrogen-bond acceptors (Lipinski definition) is 4. The number of benzene rings is 1. The van der Waals surface area contributed by atoms with E-state index in [1.54, 1.807) is 31.5 Å². The molecule has 19 heavy (non-hydrogen) atoms. The summed E-state index contributed by atoms with van der Waals surface area (Å²) >= 11 is 0. The Morgan fingerprint density at radius 2 is 2.05 bits per heavy atom. The van der Waals surface area contributed by atoms with Gasteiger partial charge in [-0.1, -0.05) is 6.07 Å². The molecule has 1 aromatic heterocycles. The zero-order valence-corrected chi connectivity index (χ0v) is 10.8. The van der Waals surface area contributed by atoms with Gasteiger partial charge in [0.05, 0.1) is 7.11 Å². The van der Waals surface area contributed by atoms with Gasteiger partial charge in [0.15, 0.2) is 0 Å². The lowest BCUT2D eigenvalue weighted by Crippen LogP contribution is -2.17. The third-order valence-electron chi connectivity index (χ3n) is 3.22. The maximum absolute atomic E-state index is 11.8. The van der Waals surface area contributed by atoms with Gasteiger partial charge in [-0.05, 0) is 17.7 Å². The van der Waals surface area contributed by atoms with Crippen LogP contribution in [0.2, 0.25) is 0 Å². The zero-order valence-electron chi connectivity index (χ0n) is 10.8. The summed E-state index contributed by atoms with van der Waals surface area (Å²) < 4.78 is 5.21. The smallest absolute Gasteiger partial charge is 0.254 e. The van der Waals surface area contributed by atoms with Gasteiger partial charge in [0, 0.05) is 37.1 Å². The quantitative estimate of drug-likeness (QED) is 0.820. The predicted molar refractivity (Wildman–Crippen MR) is 69.8 cm³/mol. The highest BCUT2D eigenvalue weighted by Crippen LogP contribution is 2.30. The van der Waals surface area contributed by atoms with Crippen molar-refractivity contribution in [1.29, 1.82) is 0 Å². The number of carbonyl (C=O) groups excluding carboxylic acids is 1. The molecule has 0 radical (unpaired) electrons. The van der Waals surface area contributed by atoms with Crippen molar-refractivity contribution < 1.29 is 9.53 Å². The number of fused-ring (bicyclic) bond motifs is 1. The summed E-state index contributed by atoms with van der Waals surface area (Å²) in [6.07, 6.45) is 3.22. The Kier molecular flexibility index (Phi) is 2.67. The molecular weight excluding hydrogens is 242 g/mol. The first-order valence-electron chi connectivity index (χ1n) is 5.94. The van der Waals surface area contributed by atoms with Crippen LogP contribution in [0.1, 0.15) is 15.9 Å². The van der Waals surface area contributed by atoms with Crippen LogP contribution in [0.4, 0.5) is 0 Å². The molecule has 96 valence electrons. The van der Waals surface area contributed by atoms with Crippen LogP contribution in [0.25, 0.3) is 11.3 Å². The van der Waals surface area contributed by atoms with Crippen molar-refractivity contribution in [2.24, 2.45) is 0 Å². The van der Waals surface area contributed by atoms with E-state index in [9.17, 15) is 4.79 Å². The van der Waals surface area contributed by atoms with Gasteiger partial charge in [0.25, 0.3) is 5.91 Å². The number of rotatable bonds is 2. The fourth-order valence-corrected chi connectivity index (χ4v) is 2.29. The largest absolute Gasteiger partial charge is 0.479 e. The molecule has 0 aliphatic carbocycles. The number of nitrogens with zero attached hydrogens (tertiary/aromatic N) is 3. The maximum Gasteiger partial charge on any atom is 0.254 e. The molecule has 1 aromatic carbocycles. The normalized spacial score (nSPS) is 13.6. The van der Waals surface area contributed by atoms with E-state index in [4.69, 9.17) is 4.74 Å². The van der Waals surface area contributed by atoms with E-state index >= 15 is 0 Å². The Morgan fingerprint density at radius 1 is 1.26 bits per heavy atom. The van der Waals surface area contributed by atoms with E-state index in [2.05, 4.69) is 9.97 Å². The second-order valence-electron chi connectivity index (χ2n) is 4.45. The minimum Gasteiger partial charge on any atom is -0.479 e. The molecule has 0 atom stereocenters. The van der Waals surface area contributed by atoms with Crippen LogP contribution in [-0.2, 0) is 6.54 Å². The second-order valence-corrected chi connectivity index (χ2v) is 4.45. The summed E-state index contributed by atoms with van der Waals surface area (Å²) in [5, 5.41) is 0. The van der Waals surface area contributed by atoms with Crippen molar-refractivity contribution in [1.82, 2.24) is 14.9 Å². The van der Waals surface area contributed by atoms with Crippen molar-refractivity contribution in [2.45, 2.75) is 6.54 Å². The van der Waals surface area contributed by atoms with Crippen molar-refractivity contribution in [3.63, 3.8) is 0 Å². The monoisotopic (exact) mass is 255 g/mol. The van der Waals surface area contributed by atoms with Gasteiger partial charge in [-0.3, -0.25) is 4.79 Å². The highest BCUT2D eigenvalue weighted by molar-refractivity contribution is 5.98. The number of amides is 1. The van der Waals surface area contributed by atoms with Crippen molar-refractivity contribution >= 4 is 5.91 Å². The molecule has 0 N–H and O–H groups in total. The van der Waals surface area contributed by atoms with E-state index < -0.39 is 0 Å². The third-order valence-corrected chi connectivity index (χ3v) is 3.22. The Labute approximate surface area is 110 Å². The van der Waals surface area contributed by atoms with Gasteiger partial charge in [0.2, 0.25) is 5.88 Å². The van der Waals surface area contributed by atoms with Crippen LogP contribution in [-0.4, -0.2) is 34.9 Å². The van der Waals surface area contributed by atoms with E-state index in [0.717, 1.165) is 16.7 Å². The molecule has 3 rings (SSSR count). The average Bonchev–Trinajstić information content (AvgIpc) is 2.73. The minimum absolute atomic E-state index is 0.0626. The molecule has 0 fully saturated rings. The van der Waals surface area contributed by atoms with Crippen molar-refractivity contribution in [2.75, 3.05) is 14.2 Å². The van der Waals surface area contributed by atoms with Gasteiger partial charge in [0.1, 0.15) is 5.69 Å². The molecule has 2 aromatic rings. The first-order valence-corrected chi connectivity index (χ1v) is 5.94. The topological polar surface area (TPSA) is 55.3 Å². The molecule has 0 saturated heterocycles. The van der Waals surface area contributed by atoms with E-state index in [0.29, 0.717) is 18.1 Å². The van der Waals surface area contributed by atoms with Crippen LogP contribution in [0.5, 0.6) is 5.88 Å². The highest BCUT2D eigenvalue weighted by atomic mass is 16.5. The standard InChI is InChI=1S/C14H13N3O2/c1-17-8-10-7-9(3-4-11(10)14(17)18)12-13(19-2)16-6-5-15-12/h3-7H,8H2,1-2H3. The number of hydrogen-bond donors (Lipinski definition) is 0. The van der Waals surface area contributed by atoms with Gasteiger partial charge in [-0.15, -0.1) is 0 Å². The molecular formula is C14H13N3O2. The zero-order chi connectivity index (χ0) is 13.4. The number of ether oxygens (including phenoxy) is 1. The van der Waals surface area contributed by atoms with Gasteiger partial charge >= 0.3 is 0 Å². The van der Waals surface area contributed by atoms with Crippen molar-refractivity contribution in [3.05, 3.63) is 41.7 Å². The van der Waals surface area contributed by atoms with Crippen LogP contribution in [0.15, 0.2) is 30.6 Å². The van der Waals surface area contributed by atoms with Gasteiger partial charge in [-0.2, -0.15) is 0 Å². The second kappa shape index (κ2) is 4.35. The summed E-state index contributed by atoms with van der Waals surface area (Å²) in [6, 6.07) is 5.69. The molecule has 0 spiro atoms.